The van der Waals surface area contributed by atoms with Crippen LogP contribution in [0.4, 0.5) is 0 Å². The molecule has 2 N–H and O–H groups in total. The predicted octanol–water partition coefficient (Wildman–Crippen LogP) is 2.84. The van der Waals surface area contributed by atoms with Crippen LogP contribution in [0, 0.1) is 0 Å². The van der Waals surface area contributed by atoms with E-state index in [9.17, 15) is 8.42 Å². The normalized spacial score (nSPS) is 15.3. The van der Waals surface area contributed by atoms with Crippen LogP contribution < -0.4 is 5.73 Å². The van der Waals surface area contributed by atoms with Gasteiger partial charge in [-0.2, -0.15) is 0 Å². The Hall–Kier alpha value is -0.390. The summed E-state index contributed by atoms with van der Waals surface area (Å²) in [4.78, 5) is 0. The van der Waals surface area contributed by atoms with Crippen molar-refractivity contribution in [3.63, 3.8) is 0 Å². The van der Waals surface area contributed by atoms with E-state index in [1.54, 1.807) is 6.92 Å². The monoisotopic (exact) mass is 333 g/mol. The van der Waals surface area contributed by atoms with Gasteiger partial charge in [0.05, 0.1) is 5.75 Å². The minimum Gasteiger partial charge on any atom is -0.322 e. The molecule has 1 unspecified atom stereocenters. The molecule has 0 amide bonds. The van der Waals surface area contributed by atoms with Gasteiger partial charge in [0.2, 0.25) is 0 Å². The van der Waals surface area contributed by atoms with Gasteiger partial charge in [-0.1, -0.05) is 35.0 Å². The van der Waals surface area contributed by atoms with Gasteiger partial charge in [0.25, 0.3) is 0 Å². The maximum absolute atomic E-state index is 11.4. The number of sulfone groups is 1. The summed E-state index contributed by atoms with van der Waals surface area (Å²) >= 11 is 3.41. The van der Waals surface area contributed by atoms with Crippen molar-refractivity contribution < 1.29 is 8.42 Å². The lowest BCUT2D eigenvalue weighted by Crippen LogP contribution is -2.33. The average Bonchev–Trinajstić information content (AvgIpc) is 2.28. The minimum atomic E-state index is -2.90. The number of hydrogen-bond donors (Lipinski definition) is 1. The van der Waals surface area contributed by atoms with Crippen LogP contribution in [0.3, 0.4) is 0 Å². The second kappa shape index (κ2) is 6.17. The predicted molar refractivity (Wildman–Crippen MR) is 79.2 cm³/mol. The Bertz CT molecular complexity index is 497. The molecule has 0 saturated carbocycles. The van der Waals surface area contributed by atoms with Gasteiger partial charge in [-0.15, -0.1) is 0 Å². The lowest BCUT2D eigenvalue weighted by Gasteiger charge is -2.25. The van der Waals surface area contributed by atoms with Crippen molar-refractivity contribution in [2.24, 2.45) is 5.73 Å². The van der Waals surface area contributed by atoms with Gasteiger partial charge in [-0.3, -0.25) is 0 Å². The summed E-state index contributed by atoms with van der Waals surface area (Å²) in [5.74, 6) is 0.412. The van der Waals surface area contributed by atoms with E-state index in [-0.39, 0.29) is 11.5 Å². The first-order valence-corrected chi connectivity index (χ1v) is 8.63. The van der Waals surface area contributed by atoms with Crippen LogP contribution in [0.1, 0.15) is 32.3 Å². The maximum atomic E-state index is 11.4. The quantitative estimate of drug-likeness (QED) is 0.870. The third-order valence-corrected chi connectivity index (χ3v) is 5.36. The number of rotatable bonds is 6. The van der Waals surface area contributed by atoms with Crippen molar-refractivity contribution in [1.29, 1.82) is 0 Å². The van der Waals surface area contributed by atoms with Crippen molar-refractivity contribution >= 4 is 25.8 Å². The number of benzene rings is 1. The lowest BCUT2D eigenvalue weighted by atomic mass is 9.89. The van der Waals surface area contributed by atoms with E-state index in [4.69, 9.17) is 5.73 Å². The van der Waals surface area contributed by atoms with Crippen LogP contribution in [0.5, 0.6) is 0 Å². The van der Waals surface area contributed by atoms with E-state index in [2.05, 4.69) is 15.9 Å². The van der Waals surface area contributed by atoms with Crippen molar-refractivity contribution in [2.75, 3.05) is 11.5 Å². The van der Waals surface area contributed by atoms with Crippen LogP contribution in [0.25, 0.3) is 0 Å². The molecule has 102 valence electrons. The van der Waals surface area contributed by atoms with Crippen LogP contribution in [-0.4, -0.2) is 19.9 Å². The van der Waals surface area contributed by atoms with E-state index < -0.39 is 15.4 Å². The maximum Gasteiger partial charge on any atom is 0.150 e. The van der Waals surface area contributed by atoms with Crippen molar-refractivity contribution in [2.45, 2.75) is 32.2 Å². The fourth-order valence-electron chi connectivity index (χ4n) is 1.79. The first-order valence-electron chi connectivity index (χ1n) is 6.02. The molecule has 5 heteroatoms. The van der Waals surface area contributed by atoms with Gasteiger partial charge in [-0.25, -0.2) is 8.42 Å². The molecule has 0 aliphatic carbocycles. The number of hydrogen-bond acceptors (Lipinski definition) is 3. The van der Waals surface area contributed by atoms with Crippen molar-refractivity contribution in [3.8, 4) is 0 Å². The molecule has 1 rings (SSSR count). The molecular formula is C13H20BrNO2S. The summed E-state index contributed by atoms with van der Waals surface area (Å²) in [5, 5.41) is 0. The van der Waals surface area contributed by atoms with E-state index in [0.29, 0.717) is 12.8 Å². The highest BCUT2D eigenvalue weighted by Crippen LogP contribution is 2.25. The second-order valence-electron chi connectivity index (χ2n) is 4.77. The summed E-state index contributed by atoms with van der Waals surface area (Å²) < 4.78 is 23.8. The first kappa shape index (κ1) is 15.7. The zero-order valence-corrected chi connectivity index (χ0v) is 13.2. The van der Waals surface area contributed by atoms with Crippen molar-refractivity contribution in [3.05, 3.63) is 34.3 Å². The molecule has 1 atom stereocenters. The smallest absolute Gasteiger partial charge is 0.150 e. The third kappa shape index (κ3) is 4.71. The molecule has 0 spiro atoms. The number of nitrogens with two attached hydrogens (primary N) is 1. The highest BCUT2D eigenvalue weighted by atomic mass is 79.9. The summed E-state index contributed by atoms with van der Waals surface area (Å²) in [7, 11) is -2.90. The molecule has 0 fully saturated rings. The van der Waals surface area contributed by atoms with Gasteiger partial charge in [0, 0.05) is 15.8 Å². The third-order valence-electron chi connectivity index (χ3n) is 3.08. The SMILES string of the molecule is CCS(=O)(=O)CCCC(C)(N)c1cccc(Br)c1. The van der Waals surface area contributed by atoms with Crippen LogP contribution >= 0.6 is 15.9 Å². The topological polar surface area (TPSA) is 60.2 Å². The molecule has 0 bridgehead atoms. The molecule has 18 heavy (non-hydrogen) atoms. The van der Waals surface area contributed by atoms with E-state index >= 15 is 0 Å². The van der Waals surface area contributed by atoms with Crippen LogP contribution in [-0.2, 0) is 15.4 Å². The Kier molecular flexibility index (Phi) is 5.37. The fourth-order valence-corrected chi connectivity index (χ4v) is 3.06. The Morgan fingerprint density at radius 3 is 2.61 bits per heavy atom. The molecule has 0 aliphatic rings. The number of halogens is 1. The standard InChI is InChI=1S/C13H20BrNO2S/c1-3-18(16,17)9-5-8-13(2,15)11-6-4-7-12(14)10-11/h4,6-7,10H,3,5,8-9,15H2,1-2H3. The Morgan fingerprint density at radius 2 is 2.06 bits per heavy atom. The average molecular weight is 334 g/mol. The zero-order chi connectivity index (χ0) is 13.8. The molecule has 0 heterocycles. The van der Waals surface area contributed by atoms with E-state index in [1.165, 1.54) is 0 Å². The summed E-state index contributed by atoms with van der Waals surface area (Å²) in [6.45, 7) is 3.61. The van der Waals surface area contributed by atoms with Gasteiger partial charge in [0.1, 0.15) is 9.84 Å². The fraction of sp³-hybridized carbons (Fsp3) is 0.538. The molecule has 0 aromatic heterocycles. The second-order valence-corrected chi connectivity index (χ2v) is 8.16. The van der Waals surface area contributed by atoms with Crippen LogP contribution in [0.15, 0.2) is 28.7 Å². The largest absolute Gasteiger partial charge is 0.322 e. The highest BCUT2D eigenvalue weighted by Gasteiger charge is 2.22. The molecule has 1 aromatic rings. The Morgan fingerprint density at radius 1 is 1.39 bits per heavy atom. The van der Waals surface area contributed by atoms with E-state index in [1.807, 2.05) is 31.2 Å². The Labute approximate surface area is 118 Å². The molecule has 3 nitrogen and oxygen atoms in total. The van der Waals surface area contributed by atoms with Gasteiger partial charge in [0.15, 0.2) is 0 Å². The van der Waals surface area contributed by atoms with Crippen LogP contribution in [0.2, 0.25) is 0 Å². The summed E-state index contributed by atoms with van der Waals surface area (Å²) in [5.41, 5.74) is 6.79. The highest BCUT2D eigenvalue weighted by molar-refractivity contribution is 9.10. The van der Waals surface area contributed by atoms with Crippen molar-refractivity contribution in [1.82, 2.24) is 0 Å². The summed E-state index contributed by atoms with van der Waals surface area (Å²) in [6.07, 6.45) is 1.25. The molecule has 1 aromatic carbocycles. The van der Waals surface area contributed by atoms with E-state index in [0.717, 1.165) is 10.0 Å². The molecular weight excluding hydrogens is 314 g/mol. The van der Waals surface area contributed by atoms with Gasteiger partial charge >= 0.3 is 0 Å². The lowest BCUT2D eigenvalue weighted by molar-refractivity contribution is 0.446. The zero-order valence-electron chi connectivity index (χ0n) is 10.8. The molecule has 0 aliphatic heterocycles. The summed E-state index contributed by atoms with van der Waals surface area (Å²) in [6, 6.07) is 7.84. The molecule has 0 radical (unpaired) electrons. The Balaban J connectivity index is 2.66. The first-order chi connectivity index (χ1) is 8.27. The van der Waals surface area contributed by atoms with Gasteiger partial charge < -0.3 is 5.73 Å². The molecule has 0 saturated heterocycles. The minimum absolute atomic E-state index is 0.200. The van der Waals surface area contributed by atoms with Gasteiger partial charge in [-0.05, 0) is 37.5 Å².